The maximum Gasteiger partial charge on any atom is 0.300 e. The molecule has 34 heavy (non-hydrogen) atoms. The summed E-state index contributed by atoms with van der Waals surface area (Å²) in [6, 6.07) is 18.2. The molecule has 1 heterocycles. The number of benzene rings is 3. The molecule has 3 aromatic carbocycles. The number of aliphatic hydroxyl groups is 1. The first kappa shape index (κ1) is 22.9. The number of anilines is 2. The molecule has 0 saturated carbocycles. The van der Waals surface area contributed by atoms with Gasteiger partial charge in [-0.15, -0.1) is 0 Å². The number of Topliss-reactive ketones (excluding diaryl/α,β-unsaturated/α-hetero) is 1. The third kappa shape index (κ3) is 4.32. The zero-order valence-electron chi connectivity index (χ0n) is 18.7. The van der Waals surface area contributed by atoms with Crippen LogP contribution in [0.1, 0.15) is 36.6 Å². The van der Waals surface area contributed by atoms with Crippen LogP contribution in [0.5, 0.6) is 0 Å². The number of carbonyl (C=O) groups excluding carboxylic acids is 3. The molecule has 7 heteroatoms. The molecule has 0 aromatic heterocycles. The Hall–Kier alpha value is -4.26. The van der Waals surface area contributed by atoms with Crippen LogP contribution in [0.25, 0.3) is 5.76 Å². The summed E-state index contributed by atoms with van der Waals surface area (Å²) in [7, 11) is 0. The van der Waals surface area contributed by atoms with E-state index in [0.717, 1.165) is 12.0 Å². The molecular weight excluding hydrogens is 435 g/mol. The van der Waals surface area contributed by atoms with Crippen molar-refractivity contribution in [3.63, 3.8) is 0 Å². The van der Waals surface area contributed by atoms with E-state index in [-0.39, 0.29) is 22.8 Å². The van der Waals surface area contributed by atoms with Crippen LogP contribution in [0.3, 0.4) is 0 Å². The highest BCUT2D eigenvalue weighted by Crippen LogP contribution is 2.42. The van der Waals surface area contributed by atoms with Crippen molar-refractivity contribution in [2.24, 2.45) is 0 Å². The first-order valence-corrected chi connectivity index (χ1v) is 10.8. The molecule has 1 aliphatic rings. The van der Waals surface area contributed by atoms with Gasteiger partial charge in [0.15, 0.2) is 0 Å². The Labute approximate surface area is 196 Å². The topological polar surface area (TPSA) is 86.7 Å². The molecule has 1 aliphatic heterocycles. The highest BCUT2D eigenvalue weighted by Gasteiger charge is 2.47. The lowest BCUT2D eigenvalue weighted by molar-refractivity contribution is -0.132. The van der Waals surface area contributed by atoms with Crippen molar-refractivity contribution in [3.8, 4) is 0 Å². The normalized spacial score (nSPS) is 17.1. The standard InChI is InChI=1S/C27H23FN2O4/c1-3-17-7-9-18(10-8-17)24-23(25(32)19-11-13-20(28)14-12-19)26(33)27(34)30(24)22-6-4-5-21(15-22)29-16(2)31/h4-15,24,32H,3H2,1-2H3,(H,29,31)/b25-23+. The van der Waals surface area contributed by atoms with Crippen LogP contribution in [-0.2, 0) is 20.8 Å². The number of hydrogen-bond acceptors (Lipinski definition) is 4. The van der Waals surface area contributed by atoms with Crippen molar-refractivity contribution in [3.05, 3.63) is 101 Å². The smallest absolute Gasteiger partial charge is 0.300 e. The maximum atomic E-state index is 13.4. The maximum absolute atomic E-state index is 13.4. The lowest BCUT2D eigenvalue weighted by Gasteiger charge is -2.26. The lowest BCUT2D eigenvalue weighted by Crippen LogP contribution is -2.29. The molecule has 2 amide bonds. The Morgan fingerprint density at radius 3 is 2.32 bits per heavy atom. The molecule has 0 spiro atoms. The van der Waals surface area contributed by atoms with Crippen LogP contribution in [0.15, 0.2) is 78.4 Å². The van der Waals surface area contributed by atoms with E-state index in [1.54, 1.807) is 24.3 Å². The van der Waals surface area contributed by atoms with Crippen molar-refractivity contribution in [2.75, 3.05) is 10.2 Å². The van der Waals surface area contributed by atoms with Crippen molar-refractivity contribution in [1.82, 2.24) is 0 Å². The summed E-state index contributed by atoms with van der Waals surface area (Å²) in [5, 5.41) is 13.7. The fourth-order valence-corrected chi connectivity index (χ4v) is 4.05. The Morgan fingerprint density at radius 1 is 1.03 bits per heavy atom. The Kier molecular flexibility index (Phi) is 6.27. The number of aliphatic hydroxyl groups excluding tert-OH is 1. The molecule has 2 N–H and O–H groups in total. The second-order valence-electron chi connectivity index (χ2n) is 8.00. The SMILES string of the molecule is CCc1ccc(C2/C(=C(\O)c3ccc(F)cc3)C(=O)C(=O)N2c2cccc(NC(C)=O)c2)cc1. The summed E-state index contributed by atoms with van der Waals surface area (Å²) in [4.78, 5) is 39.2. The van der Waals surface area contributed by atoms with E-state index < -0.39 is 23.5 Å². The number of carbonyl (C=O) groups is 3. The second kappa shape index (κ2) is 9.31. The third-order valence-electron chi connectivity index (χ3n) is 5.71. The number of hydrogen-bond donors (Lipinski definition) is 2. The third-order valence-corrected chi connectivity index (χ3v) is 5.71. The van der Waals surface area contributed by atoms with Gasteiger partial charge in [0.05, 0.1) is 11.6 Å². The number of ketones is 1. The molecule has 1 saturated heterocycles. The van der Waals surface area contributed by atoms with E-state index in [1.165, 1.54) is 36.1 Å². The average Bonchev–Trinajstić information content (AvgIpc) is 3.09. The molecule has 0 bridgehead atoms. The van der Waals surface area contributed by atoms with Gasteiger partial charge >= 0.3 is 0 Å². The summed E-state index contributed by atoms with van der Waals surface area (Å²) in [5.41, 5.74) is 2.69. The molecule has 4 rings (SSSR count). The quantitative estimate of drug-likeness (QED) is 0.321. The van der Waals surface area contributed by atoms with Gasteiger partial charge in [-0.1, -0.05) is 37.3 Å². The van der Waals surface area contributed by atoms with Crippen molar-refractivity contribution in [2.45, 2.75) is 26.3 Å². The summed E-state index contributed by atoms with van der Waals surface area (Å²) in [6.45, 7) is 3.39. The number of aryl methyl sites for hydroxylation is 1. The van der Waals surface area contributed by atoms with Crippen LogP contribution in [-0.4, -0.2) is 22.7 Å². The van der Waals surface area contributed by atoms with Gasteiger partial charge in [-0.2, -0.15) is 0 Å². The van der Waals surface area contributed by atoms with Gasteiger partial charge in [0, 0.05) is 23.9 Å². The van der Waals surface area contributed by atoms with Crippen molar-refractivity contribution < 1.29 is 23.9 Å². The molecule has 0 aliphatic carbocycles. The van der Waals surface area contributed by atoms with Gasteiger partial charge in [-0.25, -0.2) is 4.39 Å². The van der Waals surface area contributed by atoms with Crippen LogP contribution < -0.4 is 10.2 Å². The molecular formula is C27H23FN2O4. The molecule has 1 atom stereocenters. The number of rotatable bonds is 5. The first-order valence-electron chi connectivity index (χ1n) is 10.8. The summed E-state index contributed by atoms with van der Waals surface area (Å²) < 4.78 is 13.4. The average molecular weight is 458 g/mol. The predicted molar refractivity (Wildman–Crippen MR) is 128 cm³/mol. The Balaban J connectivity index is 1.90. The minimum absolute atomic E-state index is 0.0919. The number of nitrogens with one attached hydrogen (secondary N) is 1. The summed E-state index contributed by atoms with van der Waals surface area (Å²) in [5.74, 6) is -2.81. The molecule has 3 aromatic rings. The highest BCUT2D eigenvalue weighted by atomic mass is 19.1. The fraction of sp³-hybridized carbons (Fsp3) is 0.148. The van der Waals surface area contributed by atoms with E-state index in [4.69, 9.17) is 0 Å². The van der Waals surface area contributed by atoms with Crippen LogP contribution in [0.4, 0.5) is 15.8 Å². The largest absolute Gasteiger partial charge is 0.507 e. The molecule has 172 valence electrons. The highest BCUT2D eigenvalue weighted by molar-refractivity contribution is 6.51. The van der Waals surface area contributed by atoms with Crippen LogP contribution in [0.2, 0.25) is 0 Å². The van der Waals surface area contributed by atoms with E-state index in [2.05, 4.69) is 5.32 Å². The van der Waals surface area contributed by atoms with Crippen LogP contribution in [0, 0.1) is 5.82 Å². The predicted octanol–water partition coefficient (Wildman–Crippen LogP) is 4.97. The summed E-state index contributed by atoms with van der Waals surface area (Å²) >= 11 is 0. The zero-order valence-corrected chi connectivity index (χ0v) is 18.7. The van der Waals surface area contributed by atoms with Crippen molar-refractivity contribution in [1.29, 1.82) is 0 Å². The summed E-state index contributed by atoms with van der Waals surface area (Å²) in [6.07, 6.45) is 0.814. The Bertz CT molecular complexity index is 1300. The zero-order chi connectivity index (χ0) is 24.4. The van der Waals surface area contributed by atoms with E-state index in [0.29, 0.717) is 16.9 Å². The number of nitrogens with zero attached hydrogens (tertiary/aromatic N) is 1. The Morgan fingerprint density at radius 2 is 1.71 bits per heavy atom. The van der Waals surface area contributed by atoms with Crippen molar-refractivity contribution >= 4 is 34.7 Å². The number of amides is 2. The fourth-order valence-electron chi connectivity index (χ4n) is 4.05. The molecule has 6 nitrogen and oxygen atoms in total. The minimum Gasteiger partial charge on any atom is -0.507 e. The molecule has 0 radical (unpaired) electrons. The molecule has 1 unspecified atom stereocenters. The first-order chi connectivity index (χ1) is 16.3. The van der Waals surface area contributed by atoms with Crippen LogP contribution >= 0.6 is 0 Å². The van der Waals surface area contributed by atoms with Gasteiger partial charge in [-0.3, -0.25) is 19.3 Å². The van der Waals surface area contributed by atoms with Gasteiger partial charge < -0.3 is 10.4 Å². The number of halogens is 1. The monoisotopic (exact) mass is 458 g/mol. The minimum atomic E-state index is -0.913. The van der Waals surface area contributed by atoms with Gasteiger partial charge in [-0.05, 0) is 60.0 Å². The van der Waals surface area contributed by atoms with Gasteiger partial charge in [0.25, 0.3) is 11.7 Å². The lowest BCUT2D eigenvalue weighted by atomic mass is 9.94. The van der Waals surface area contributed by atoms with Gasteiger partial charge in [0.2, 0.25) is 5.91 Å². The van der Waals surface area contributed by atoms with Gasteiger partial charge in [0.1, 0.15) is 11.6 Å². The second-order valence-corrected chi connectivity index (χ2v) is 8.00. The van der Waals surface area contributed by atoms with E-state index in [1.807, 2.05) is 31.2 Å². The van der Waals surface area contributed by atoms with E-state index >= 15 is 0 Å². The van der Waals surface area contributed by atoms with E-state index in [9.17, 15) is 23.9 Å². The molecule has 1 fully saturated rings.